The van der Waals surface area contributed by atoms with Gasteiger partial charge in [0.15, 0.2) is 0 Å². The van der Waals surface area contributed by atoms with E-state index in [9.17, 15) is 4.79 Å². The highest BCUT2D eigenvalue weighted by molar-refractivity contribution is 6.31. The van der Waals surface area contributed by atoms with Crippen molar-refractivity contribution in [2.24, 2.45) is 0 Å². The lowest BCUT2D eigenvalue weighted by atomic mass is 10.1. The van der Waals surface area contributed by atoms with Gasteiger partial charge in [-0.05, 0) is 30.5 Å². The Hall–Kier alpha value is -2.11. The minimum Gasteiger partial charge on any atom is -0.383 e. The van der Waals surface area contributed by atoms with Crippen LogP contribution in [-0.2, 0) is 4.74 Å². The molecule has 0 saturated heterocycles. The summed E-state index contributed by atoms with van der Waals surface area (Å²) in [6.45, 7) is 2.56. The first-order valence-electron chi connectivity index (χ1n) is 6.95. The van der Waals surface area contributed by atoms with Gasteiger partial charge in [-0.2, -0.15) is 0 Å². The highest BCUT2D eigenvalue weighted by Crippen LogP contribution is 2.23. The second kappa shape index (κ2) is 5.94. The Labute approximate surface area is 132 Å². The van der Waals surface area contributed by atoms with Crippen LogP contribution in [0.3, 0.4) is 0 Å². The molecule has 1 atom stereocenters. The molecule has 3 aromatic rings. The first-order chi connectivity index (χ1) is 10.6. The standard InChI is InChI=1S/C16H16ClN3O2/c1-10(9-22-2)20-6-5-18-15(20)13-7-11-3-4-12(17)8-14(11)19-16(13)21/h3-8,10H,9H2,1-2H3,(H,19,21). The third-order valence-corrected chi connectivity index (χ3v) is 3.84. The number of hydrogen-bond acceptors (Lipinski definition) is 3. The first-order valence-corrected chi connectivity index (χ1v) is 7.32. The van der Waals surface area contributed by atoms with Crippen LogP contribution in [-0.4, -0.2) is 28.3 Å². The van der Waals surface area contributed by atoms with Crippen LogP contribution in [0.4, 0.5) is 0 Å². The van der Waals surface area contributed by atoms with Gasteiger partial charge in [0.2, 0.25) is 0 Å². The molecule has 0 amide bonds. The molecule has 0 spiro atoms. The van der Waals surface area contributed by atoms with Gasteiger partial charge in [-0.1, -0.05) is 17.7 Å². The third kappa shape index (κ3) is 2.65. The number of fused-ring (bicyclic) bond motifs is 1. The number of aromatic nitrogens is 3. The van der Waals surface area contributed by atoms with Crippen molar-refractivity contribution in [1.29, 1.82) is 0 Å². The molecule has 5 nitrogen and oxygen atoms in total. The highest BCUT2D eigenvalue weighted by Gasteiger charge is 2.15. The van der Waals surface area contributed by atoms with Crippen LogP contribution in [0.1, 0.15) is 13.0 Å². The summed E-state index contributed by atoms with van der Waals surface area (Å²) in [5.41, 5.74) is 1.05. The summed E-state index contributed by atoms with van der Waals surface area (Å²) < 4.78 is 7.12. The van der Waals surface area contributed by atoms with E-state index >= 15 is 0 Å². The fraction of sp³-hybridized carbons (Fsp3) is 0.250. The zero-order valence-electron chi connectivity index (χ0n) is 12.3. The van der Waals surface area contributed by atoms with Gasteiger partial charge in [0.05, 0.1) is 18.2 Å². The van der Waals surface area contributed by atoms with E-state index in [2.05, 4.69) is 9.97 Å². The van der Waals surface area contributed by atoms with Crippen LogP contribution < -0.4 is 5.56 Å². The van der Waals surface area contributed by atoms with Crippen LogP contribution in [0.15, 0.2) is 41.5 Å². The molecule has 0 aliphatic carbocycles. The average molecular weight is 318 g/mol. The largest absolute Gasteiger partial charge is 0.383 e. The lowest BCUT2D eigenvalue weighted by Crippen LogP contribution is -2.16. The van der Waals surface area contributed by atoms with Gasteiger partial charge in [0, 0.05) is 30.0 Å². The van der Waals surface area contributed by atoms with Gasteiger partial charge in [0.1, 0.15) is 5.82 Å². The predicted octanol–water partition coefficient (Wildman–Crippen LogP) is 3.25. The fourth-order valence-electron chi connectivity index (χ4n) is 2.54. The molecule has 0 aliphatic heterocycles. The highest BCUT2D eigenvalue weighted by atomic mass is 35.5. The Morgan fingerprint density at radius 2 is 2.23 bits per heavy atom. The van der Waals surface area contributed by atoms with Crippen molar-refractivity contribution in [3.8, 4) is 11.4 Å². The van der Waals surface area contributed by atoms with Crippen molar-refractivity contribution in [3.05, 3.63) is 52.0 Å². The van der Waals surface area contributed by atoms with Crippen LogP contribution in [0.2, 0.25) is 5.02 Å². The number of rotatable bonds is 4. The van der Waals surface area contributed by atoms with Gasteiger partial charge in [0.25, 0.3) is 5.56 Å². The Kier molecular flexibility index (Phi) is 4.00. The van der Waals surface area contributed by atoms with Crippen molar-refractivity contribution >= 4 is 22.5 Å². The number of benzene rings is 1. The number of pyridine rings is 1. The van der Waals surface area contributed by atoms with Crippen molar-refractivity contribution in [3.63, 3.8) is 0 Å². The molecule has 0 radical (unpaired) electrons. The molecule has 1 N–H and O–H groups in total. The SMILES string of the molecule is COCC(C)n1ccnc1-c1cc2ccc(Cl)cc2[nH]c1=O. The zero-order chi connectivity index (χ0) is 15.7. The van der Waals surface area contributed by atoms with E-state index in [0.29, 0.717) is 28.5 Å². The zero-order valence-corrected chi connectivity index (χ0v) is 13.1. The predicted molar refractivity (Wildman–Crippen MR) is 87.4 cm³/mol. The van der Waals surface area contributed by atoms with Crippen molar-refractivity contribution in [2.75, 3.05) is 13.7 Å². The maximum atomic E-state index is 12.4. The molecular weight excluding hydrogens is 302 g/mol. The van der Waals surface area contributed by atoms with Crippen LogP contribution in [0, 0.1) is 0 Å². The van der Waals surface area contributed by atoms with E-state index in [-0.39, 0.29) is 11.6 Å². The van der Waals surface area contributed by atoms with Gasteiger partial charge in [-0.3, -0.25) is 4.79 Å². The number of aromatic amines is 1. The number of halogens is 1. The van der Waals surface area contributed by atoms with Gasteiger partial charge < -0.3 is 14.3 Å². The minimum atomic E-state index is -0.188. The van der Waals surface area contributed by atoms with Crippen LogP contribution in [0.5, 0.6) is 0 Å². The fourth-order valence-corrected chi connectivity index (χ4v) is 2.71. The number of methoxy groups -OCH3 is 1. The van der Waals surface area contributed by atoms with Gasteiger partial charge >= 0.3 is 0 Å². The lowest BCUT2D eigenvalue weighted by Gasteiger charge is -2.15. The maximum Gasteiger partial charge on any atom is 0.259 e. The Bertz CT molecular complexity index is 869. The van der Waals surface area contributed by atoms with E-state index in [1.807, 2.05) is 29.8 Å². The summed E-state index contributed by atoms with van der Waals surface area (Å²) >= 11 is 5.96. The summed E-state index contributed by atoms with van der Waals surface area (Å²) in [6.07, 6.45) is 3.54. The van der Waals surface area contributed by atoms with Gasteiger partial charge in [-0.15, -0.1) is 0 Å². The van der Waals surface area contributed by atoms with Crippen molar-refractivity contribution < 1.29 is 4.74 Å². The van der Waals surface area contributed by atoms with Crippen molar-refractivity contribution in [1.82, 2.24) is 14.5 Å². The maximum absolute atomic E-state index is 12.4. The molecule has 0 aliphatic rings. The summed E-state index contributed by atoms with van der Waals surface area (Å²) in [5.74, 6) is 0.627. The van der Waals surface area contributed by atoms with E-state index in [1.165, 1.54) is 0 Å². The molecule has 1 aromatic carbocycles. The number of H-pyrrole nitrogens is 1. The van der Waals surface area contributed by atoms with E-state index in [0.717, 1.165) is 5.39 Å². The monoisotopic (exact) mass is 317 g/mol. The molecule has 0 saturated carbocycles. The Balaban J connectivity index is 2.15. The molecule has 0 fully saturated rings. The molecule has 22 heavy (non-hydrogen) atoms. The molecule has 6 heteroatoms. The third-order valence-electron chi connectivity index (χ3n) is 3.60. The molecule has 114 valence electrons. The molecule has 1 unspecified atom stereocenters. The molecule has 0 bridgehead atoms. The van der Waals surface area contributed by atoms with Crippen LogP contribution >= 0.6 is 11.6 Å². The number of imidazole rings is 1. The number of hydrogen-bond donors (Lipinski definition) is 1. The second-order valence-corrected chi connectivity index (χ2v) is 5.64. The van der Waals surface area contributed by atoms with E-state index < -0.39 is 0 Å². The number of nitrogens with zero attached hydrogens (tertiary/aromatic N) is 2. The molecule has 3 rings (SSSR count). The first kappa shape index (κ1) is 14.8. The van der Waals surface area contributed by atoms with E-state index in [1.54, 1.807) is 25.4 Å². The Morgan fingerprint density at radius 1 is 1.41 bits per heavy atom. The second-order valence-electron chi connectivity index (χ2n) is 5.21. The topological polar surface area (TPSA) is 59.9 Å². The van der Waals surface area contributed by atoms with Gasteiger partial charge in [-0.25, -0.2) is 4.98 Å². The Morgan fingerprint density at radius 3 is 3.00 bits per heavy atom. The summed E-state index contributed by atoms with van der Waals surface area (Å²) in [6, 6.07) is 7.34. The normalized spacial score (nSPS) is 12.7. The number of nitrogens with one attached hydrogen (secondary N) is 1. The van der Waals surface area contributed by atoms with Crippen molar-refractivity contribution in [2.45, 2.75) is 13.0 Å². The van der Waals surface area contributed by atoms with E-state index in [4.69, 9.17) is 16.3 Å². The quantitative estimate of drug-likeness (QED) is 0.803. The summed E-state index contributed by atoms with van der Waals surface area (Å²) in [5, 5.41) is 1.50. The molecule has 2 aromatic heterocycles. The number of ether oxygens (including phenoxy) is 1. The average Bonchev–Trinajstić information content (AvgIpc) is 2.96. The molecular formula is C16H16ClN3O2. The van der Waals surface area contributed by atoms with Crippen LogP contribution in [0.25, 0.3) is 22.3 Å². The summed E-state index contributed by atoms with van der Waals surface area (Å²) in [4.78, 5) is 19.6. The smallest absolute Gasteiger partial charge is 0.259 e. The summed E-state index contributed by atoms with van der Waals surface area (Å²) in [7, 11) is 1.65. The molecule has 2 heterocycles. The lowest BCUT2D eigenvalue weighted by molar-refractivity contribution is 0.163. The minimum absolute atomic E-state index is 0.0859.